The van der Waals surface area contributed by atoms with E-state index in [-0.39, 0.29) is 22.9 Å². The Hall–Kier alpha value is -2.08. The van der Waals surface area contributed by atoms with Crippen molar-refractivity contribution in [3.8, 4) is 0 Å². The summed E-state index contributed by atoms with van der Waals surface area (Å²) >= 11 is 5.60. The number of hydrogen-bond acceptors (Lipinski definition) is 4. The molecule has 2 aromatic rings. The lowest BCUT2D eigenvalue weighted by Crippen LogP contribution is -2.04. The molecule has 0 fully saturated rings. The molecule has 94 valence electrons. The quantitative estimate of drug-likeness (QED) is 0.681. The molecule has 18 heavy (non-hydrogen) atoms. The molecule has 5 nitrogen and oxygen atoms in total. The molecule has 0 unspecified atom stereocenters. The fourth-order valence-electron chi connectivity index (χ4n) is 1.44. The Bertz CT molecular complexity index is 572. The van der Waals surface area contributed by atoms with E-state index in [1.165, 1.54) is 12.5 Å². The zero-order valence-corrected chi connectivity index (χ0v) is 9.78. The van der Waals surface area contributed by atoms with Gasteiger partial charge in [-0.25, -0.2) is 4.39 Å². The molecule has 2 rings (SSSR count). The van der Waals surface area contributed by atoms with Crippen molar-refractivity contribution in [1.29, 1.82) is 0 Å². The molecule has 1 N–H and O–H groups in total. The third-order valence-corrected chi connectivity index (χ3v) is 2.61. The number of nitro benzene ring substituents is 1. The van der Waals surface area contributed by atoms with E-state index in [1.807, 2.05) is 0 Å². The molecule has 0 radical (unpaired) electrons. The molecule has 0 bridgehead atoms. The molecule has 1 heterocycles. The first kappa shape index (κ1) is 12.4. The van der Waals surface area contributed by atoms with E-state index in [4.69, 9.17) is 16.0 Å². The average molecular weight is 271 g/mol. The molecule has 0 saturated carbocycles. The average Bonchev–Trinajstić information content (AvgIpc) is 2.83. The summed E-state index contributed by atoms with van der Waals surface area (Å²) in [5, 5.41) is 13.3. The van der Waals surface area contributed by atoms with Crippen LogP contribution in [0.5, 0.6) is 0 Å². The maximum atomic E-state index is 13.7. The van der Waals surface area contributed by atoms with Gasteiger partial charge in [0.15, 0.2) is 11.5 Å². The lowest BCUT2D eigenvalue weighted by molar-refractivity contribution is -0.384. The number of hydrogen-bond donors (Lipinski definition) is 1. The van der Waals surface area contributed by atoms with Crippen LogP contribution in [0.25, 0.3) is 0 Å². The van der Waals surface area contributed by atoms with Gasteiger partial charge >= 0.3 is 0 Å². The second kappa shape index (κ2) is 5.05. The number of nitro groups is 1. The van der Waals surface area contributed by atoms with Crippen molar-refractivity contribution < 1.29 is 13.7 Å². The number of benzene rings is 1. The second-order valence-electron chi connectivity index (χ2n) is 3.50. The van der Waals surface area contributed by atoms with Gasteiger partial charge in [-0.3, -0.25) is 10.1 Å². The van der Waals surface area contributed by atoms with Crippen LogP contribution in [0.2, 0.25) is 5.02 Å². The summed E-state index contributed by atoms with van der Waals surface area (Å²) in [5.74, 6) is -0.839. The van der Waals surface area contributed by atoms with Crippen LogP contribution in [0.1, 0.15) is 5.56 Å². The van der Waals surface area contributed by atoms with E-state index in [0.717, 1.165) is 17.7 Å². The van der Waals surface area contributed by atoms with Crippen molar-refractivity contribution in [2.45, 2.75) is 6.54 Å². The van der Waals surface area contributed by atoms with E-state index >= 15 is 0 Å². The minimum atomic E-state index is -0.839. The van der Waals surface area contributed by atoms with Crippen molar-refractivity contribution in [2.24, 2.45) is 0 Å². The van der Waals surface area contributed by atoms with E-state index in [0.29, 0.717) is 0 Å². The monoisotopic (exact) mass is 270 g/mol. The van der Waals surface area contributed by atoms with Gasteiger partial charge in [0.25, 0.3) is 5.69 Å². The van der Waals surface area contributed by atoms with Gasteiger partial charge in [0.2, 0.25) is 0 Å². The molecule has 0 aliphatic carbocycles. The molecule has 0 spiro atoms. The number of nitrogens with zero attached hydrogens (tertiary/aromatic N) is 1. The van der Waals surface area contributed by atoms with Crippen LogP contribution in [-0.2, 0) is 6.54 Å². The van der Waals surface area contributed by atoms with Crippen molar-refractivity contribution in [2.75, 3.05) is 5.32 Å². The summed E-state index contributed by atoms with van der Waals surface area (Å²) in [4.78, 5) is 10.1. The van der Waals surface area contributed by atoms with Gasteiger partial charge < -0.3 is 9.73 Å². The highest BCUT2D eigenvalue weighted by Crippen LogP contribution is 2.32. The highest BCUT2D eigenvalue weighted by Gasteiger charge is 2.20. The first-order chi connectivity index (χ1) is 8.59. The minimum Gasteiger partial charge on any atom is -0.472 e. The van der Waals surface area contributed by atoms with Crippen LogP contribution in [0.4, 0.5) is 15.8 Å². The van der Waals surface area contributed by atoms with Gasteiger partial charge in [0.1, 0.15) is 0 Å². The Morgan fingerprint density at radius 1 is 1.44 bits per heavy atom. The first-order valence-electron chi connectivity index (χ1n) is 4.97. The van der Waals surface area contributed by atoms with Gasteiger partial charge in [-0.1, -0.05) is 11.6 Å². The minimum absolute atomic E-state index is 0.171. The molecule has 0 aliphatic heterocycles. The number of nitrogens with one attached hydrogen (secondary N) is 1. The maximum absolute atomic E-state index is 13.7. The van der Waals surface area contributed by atoms with Gasteiger partial charge in [0.05, 0.1) is 22.5 Å². The van der Waals surface area contributed by atoms with E-state index in [1.54, 1.807) is 6.07 Å². The Morgan fingerprint density at radius 3 is 2.83 bits per heavy atom. The van der Waals surface area contributed by atoms with Crippen LogP contribution in [0, 0.1) is 15.9 Å². The van der Waals surface area contributed by atoms with Crippen LogP contribution >= 0.6 is 11.6 Å². The van der Waals surface area contributed by atoms with E-state index in [2.05, 4.69) is 5.32 Å². The summed E-state index contributed by atoms with van der Waals surface area (Å²) in [7, 11) is 0. The largest absolute Gasteiger partial charge is 0.472 e. The number of anilines is 1. The zero-order valence-electron chi connectivity index (χ0n) is 9.02. The number of rotatable bonds is 4. The van der Waals surface area contributed by atoms with Crippen molar-refractivity contribution in [1.82, 2.24) is 0 Å². The highest BCUT2D eigenvalue weighted by atomic mass is 35.5. The summed E-state index contributed by atoms with van der Waals surface area (Å²) in [6.07, 6.45) is 2.92. The SMILES string of the molecule is O=[N+]([O-])c1ccc(Cl)c(F)c1NCc1ccoc1. The first-order valence-corrected chi connectivity index (χ1v) is 5.34. The maximum Gasteiger partial charge on any atom is 0.295 e. The highest BCUT2D eigenvalue weighted by molar-refractivity contribution is 6.31. The standard InChI is InChI=1S/C11H8ClFN2O3/c12-8-1-2-9(15(16)17)11(10(8)13)14-5-7-3-4-18-6-7/h1-4,6,14H,5H2. The zero-order chi connectivity index (χ0) is 13.1. The van der Waals surface area contributed by atoms with Crippen LogP contribution in [-0.4, -0.2) is 4.92 Å². The summed E-state index contributed by atoms with van der Waals surface area (Å²) in [6.45, 7) is 0.203. The molecule has 0 saturated heterocycles. The smallest absolute Gasteiger partial charge is 0.295 e. The number of furan rings is 1. The summed E-state index contributed by atoms with van der Waals surface area (Å²) in [6, 6.07) is 3.97. The molecule has 7 heteroatoms. The van der Waals surface area contributed by atoms with Gasteiger partial charge in [-0.15, -0.1) is 0 Å². The molecule has 0 amide bonds. The third-order valence-electron chi connectivity index (χ3n) is 2.32. The lowest BCUT2D eigenvalue weighted by Gasteiger charge is -2.07. The van der Waals surface area contributed by atoms with Gasteiger partial charge in [-0.2, -0.15) is 0 Å². The van der Waals surface area contributed by atoms with Crippen LogP contribution < -0.4 is 5.32 Å². The Kier molecular flexibility index (Phi) is 3.47. The predicted molar refractivity (Wildman–Crippen MR) is 64.1 cm³/mol. The number of halogens is 2. The molecule has 0 aliphatic rings. The third kappa shape index (κ3) is 2.43. The van der Waals surface area contributed by atoms with Crippen LogP contribution in [0.15, 0.2) is 35.1 Å². The van der Waals surface area contributed by atoms with Gasteiger partial charge in [-0.05, 0) is 12.1 Å². The Labute approximate surface area is 106 Å². The molecular formula is C11H8ClFN2O3. The van der Waals surface area contributed by atoms with Crippen molar-refractivity contribution >= 4 is 23.0 Å². The fourth-order valence-corrected chi connectivity index (χ4v) is 1.60. The summed E-state index contributed by atoms with van der Waals surface area (Å²) < 4.78 is 18.6. The topological polar surface area (TPSA) is 68.3 Å². The molecule has 1 aromatic carbocycles. The van der Waals surface area contributed by atoms with E-state index < -0.39 is 10.7 Å². The fraction of sp³-hybridized carbons (Fsp3) is 0.0909. The second-order valence-corrected chi connectivity index (χ2v) is 3.90. The lowest BCUT2D eigenvalue weighted by atomic mass is 10.2. The predicted octanol–water partition coefficient (Wildman–Crippen LogP) is 3.59. The van der Waals surface area contributed by atoms with Crippen molar-refractivity contribution in [3.63, 3.8) is 0 Å². The Morgan fingerprint density at radius 2 is 2.22 bits per heavy atom. The van der Waals surface area contributed by atoms with Crippen LogP contribution in [0.3, 0.4) is 0 Å². The van der Waals surface area contributed by atoms with Crippen molar-refractivity contribution in [3.05, 3.63) is 57.2 Å². The molecular weight excluding hydrogens is 263 g/mol. The molecule has 0 atom stereocenters. The Balaban J connectivity index is 2.30. The summed E-state index contributed by atoms with van der Waals surface area (Å²) in [5.41, 5.74) is 0.151. The normalized spacial score (nSPS) is 10.3. The van der Waals surface area contributed by atoms with E-state index in [9.17, 15) is 14.5 Å². The van der Waals surface area contributed by atoms with Gasteiger partial charge in [0, 0.05) is 18.2 Å². The molecule has 1 aromatic heterocycles.